The van der Waals surface area contributed by atoms with Crippen LogP contribution in [0.15, 0.2) is 6.07 Å². The topological polar surface area (TPSA) is 49.8 Å². The van der Waals surface area contributed by atoms with Gasteiger partial charge in [-0.2, -0.15) is 4.39 Å². The van der Waals surface area contributed by atoms with Crippen molar-refractivity contribution in [2.45, 2.75) is 19.4 Å². The Morgan fingerprint density at radius 2 is 2.05 bits per heavy atom. The van der Waals surface area contributed by atoms with Crippen LogP contribution >= 0.6 is 0 Å². The summed E-state index contributed by atoms with van der Waals surface area (Å²) in [6, 6.07) is 0.241. The molecule has 2 rings (SSSR count). The van der Waals surface area contributed by atoms with Crippen LogP contribution in [0.1, 0.15) is 23.7 Å². The molecule has 0 unspecified atom stereocenters. The lowest BCUT2D eigenvalue weighted by atomic mass is 10.1. The third kappa shape index (κ3) is 2.58. The minimum Gasteiger partial charge on any atom is -0.503 e. The number of phenols is 1. The number of hydrogen-bond donors (Lipinski definition) is 1. The summed E-state index contributed by atoms with van der Waals surface area (Å²) >= 11 is 0. The maximum Gasteiger partial charge on any atom is 0.257 e. The third-order valence-electron chi connectivity index (χ3n) is 3.31. The molecular formula is C13H14F3NO3. The molecule has 1 amide bonds. The van der Waals surface area contributed by atoms with Gasteiger partial charge >= 0.3 is 0 Å². The van der Waals surface area contributed by atoms with E-state index in [1.807, 2.05) is 0 Å². The van der Waals surface area contributed by atoms with Gasteiger partial charge in [0.05, 0.1) is 12.2 Å². The Balaban J connectivity index is 2.38. The second-order valence-corrected chi connectivity index (χ2v) is 4.63. The Hall–Kier alpha value is -1.76. The van der Waals surface area contributed by atoms with Gasteiger partial charge in [0, 0.05) is 19.2 Å². The van der Waals surface area contributed by atoms with Crippen molar-refractivity contribution in [1.82, 2.24) is 4.90 Å². The summed E-state index contributed by atoms with van der Waals surface area (Å²) in [6.45, 7) is 2.73. The fourth-order valence-electron chi connectivity index (χ4n) is 2.10. The van der Waals surface area contributed by atoms with Crippen molar-refractivity contribution in [1.29, 1.82) is 0 Å². The van der Waals surface area contributed by atoms with Crippen molar-refractivity contribution in [3.05, 3.63) is 29.1 Å². The first-order valence-electron chi connectivity index (χ1n) is 6.18. The summed E-state index contributed by atoms with van der Waals surface area (Å²) < 4.78 is 45.2. The Bertz CT molecular complexity index is 536. The lowest BCUT2D eigenvalue weighted by Crippen LogP contribution is -2.39. The lowest BCUT2D eigenvalue weighted by molar-refractivity contribution is 0.0680. The third-order valence-corrected chi connectivity index (χ3v) is 3.31. The van der Waals surface area contributed by atoms with Gasteiger partial charge in [0.1, 0.15) is 0 Å². The highest BCUT2D eigenvalue weighted by molar-refractivity contribution is 5.95. The van der Waals surface area contributed by atoms with Crippen LogP contribution in [-0.4, -0.2) is 41.7 Å². The van der Waals surface area contributed by atoms with Crippen molar-refractivity contribution in [2.75, 3.05) is 19.8 Å². The molecule has 0 spiro atoms. The van der Waals surface area contributed by atoms with Gasteiger partial charge in [0.25, 0.3) is 5.91 Å². The molecule has 1 aromatic rings. The van der Waals surface area contributed by atoms with Gasteiger partial charge in [-0.15, -0.1) is 0 Å². The molecule has 1 fully saturated rings. The van der Waals surface area contributed by atoms with Gasteiger partial charge in [-0.25, -0.2) is 8.78 Å². The van der Waals surface area contributed by atoms with Crippen LogP contribution in [0, 0.1) is 17.5 Å². The van der Waals surface area contributed by atoms with E-state index < -0.39 is 34.7 Å². The standard InChI is InChI=1S/C13H14F3NO3/c1-7-2-4-20-5-3-17(7)13(19)8-6-9(14)11(16)12(18)10(8)15/h6-7,18H,2-5H2,1H3/t7-/m1/s1. The van der Waals surface area contributed by atoms with E-state index in [4.69, 9.17) is 9.84 Å². The molecule has 20 heavy (non-hydrogen) atoms. The Morgan fingerprint density at radius 1 is 1.35 bits per heavy atom. The number of carbonyl (C=O) groups excluding carboxylic acids is 1. The normalized spacial score (nSPS) is 19.8. The number of amides is 1. The molecule has 0 radical (unpaired) electrons. The molecule has 7 heteroatoms. The number of hydrogen-bond acceptors (Lipinski definition) is 3. The number of nitrogens with zero attached hydrogens (tertiary/aromatic N) is 1. The Kier molecular flexibility index (Phi) is 4.17. The zero-order chi connectivity index (χ0) is 14.9. The summed E-state index contributed by atoms with van der Waals surface area (Å²) in [5.41, 5.74) is -0.685. The van der Waals surface area contributed by atoms with Gasteiger partial charge in [0.2, 0.25) is 5.82 Å². The lowest BCUT2D eigenvalue weighted by Gasteiger charge is -2.26. The zero-order valence-corrected chi connectivity index (χ0v) is 10.8. The minimum atomic E-state index is -1.70. The van der Waals surface area contributed by atoms with Crippen LogP contribution in [0.2, 0.25) is 0 Å². The van der Waals surface area contributed by atoms with Crippen molar-refractivity contribution in [2.24, 2.45) is 0 Å². The molecule has 1 N–H and O–H groups in total. The van der Waals surface area contributed by atoms with Crippen LogP contribution in [0.5, 0.6) is 5.75 Å². The van der Waals surface area contributed by atoms with E-state index in [0.717, 1.165) is 0 Å². The number of rotatable bonds is 1. The average molecular weight is 289 g/mol. The van der Waals surface area contributed by atoms with E-state index in [1.165, 1.54) is 4.90 Å². The molecule has 0 aromatic heterocycles. The van der Waals surface area contributed by atoms with E-state index >= 15 is 0 Å². The number of benzene rings is 1. The summed E-state index contributed by atoms with van der Waals surface area (Å²) in [5, 5.41) is 9.15. The zero-order valence-electron chi connectivity index (χ0n) is 10.8. The maximum atomic E-state index is 13.7. The highest BCUT2D eigenvalue weighted by Crippen LogP contribution is 2.27. The maximum absolute atomic E-state index is 13.7. The van der Waals surface area contributed by atoms with Gasteiger partial charge < -0.3 is 14.7 Å². The molecule has 1 heterocycles. The van der Waals surface area contributed by atoms with E-state index in [9.17, 15) is 18.0 Å². The van der Waals surface area contributed by atoms with Crippen molar-refractivity contribution < 1.29 is 27.8 Å². The molecule has 0 bridgehead atoms. The largest absolute Gasteiger partial charge is 0.503 e. The molecule has 1 saturated heterocycles. The first-order chi connectivity index (χ1) is 9.43. The summed E-state index contributed by atoms with van der Waals surface area (Å²) in [4.78, 5) is 13.6. The SMILES string of the molecule is C[C@@H]1CCOCCN1C(=O)c1cc(F)c(F)c(O)c1F. The number of halogens is 3. The van der Waals surface area contributed by atoms with Crippen molar-refractivity contribution in [3.63, 3.8) is 0 Å². The second kappa shape index (κ2) is 5.70. The number of phenolic OH excluding ortho intramolecular Hbond substituents is 1. The minimum absolute atomic E-state index is 0.221. The quantitative estimate of drug-likeness (QED) is 0.805. The Morgan fingerprint density at radius 3 is 2.75 bits per heavy atom. The molecular weight excluding hydrogens is 275 g/mol. The smallest absolute Gasteiger partial charge is 0.257 e. The fourth-order valence-corrected chi connectivity index (χ4v) is 2.10. The molecule has 0 aliphatic carbocycles. The molecule has 110 valence electrons. The van der Waals surface area contributed by atoms with Gasteiger partial charge in [-0.3, -0.25) is 4.79 Å². The highest BCUT2D eigenvalue weighted by atomic mass is 19.2. The van der Waals surface area contributed by atoms with Crippen LogP contribution in [-0.2, 0) is 4.74 Å². The second-order valence-electron chi connectivity index (χ2n) is 4.63. The summed E-state index contributed by atoms with van der Waals surface area (Å²) in [6.07, 6.45) is 0.559. The highest BCUT2D eigenvalue weighted by Gasteiger charge is 2.29. The Labute approximate surface area is 113 Å². The van der Waals surface area contributed by atoms with Crippen molar-refractivity contribution in [3.8, 4) is 5.75 Å². The predicted molar refractivity (Wildman–Crippen MR) is 63.9 cm³/mol. The molecule has 1 aromatic carbocycles. The fraction of sp³-hybridized carbons (Fsp3) is 0.462. The van der Waals surface area contributed by atoms with E-state index in [0.29, 0.717) is 19.1 Å². The monoisotopic (exact) mass is 289 g/mol. The van der Waals surface area contributed by atoms with Crippen LogP contribution < -0.4 is 0 Å². The average Bonchev–Trinajstić information content (AvgIpc) is 2.64. The first-order valence-corrected chi connectivity index (χ1v) is 6.18. The van der Waals surface area contributed by atoms with Crippen LogP contribution in [0.25, 0.3) is 0 Å². The molecule has 1 atom stereocenters. The molecule has 1 aliphatic rings. The first kappa shape index (κ1) is 14.6. The van der Waals surface area contributed by atoms with E-state index in [1.54, 1.807) is 6.92 Å². The van der Waals surface area contributed by atoms with E-state index in [2.05, 4.69) is 0 Å². The predicted octanol–water partition coefficient (Wildman–Crippen LogP) is 2.06. The number of ether oxygens (including phenoxy) is 1. The van der Waals surface area contributed by atoms with Gasteiger partial charge in [0.15, 0.2) is 17.4 Å². The number of aromatic hydroxyl groups is 1. The summed E-state index contributed by atoms with van der Waals surface area (Å²) in [5.74, 6) is -6.90. The van der Waals surface area contributed by atoms with Gasteiger partial charge in [-0.05, 0) is 19.4 Å². The van der Waals surface area contributed by atoms with Gasteiger partial charge in [-0.1, -0.05) is 0 Å². The van der Waals surface area contributed by atoms with Crippen LogP contribution in [0.3, 0.4) is 0 Å². The van der Waals surface area contributed by atoms with Crippen molar-refractivity contribution >= 4 is 5.91 Å². The number of carbonyl (C=O) groups is 1. The van der Waals surface area contributed by atoms with Crippen LogP contribution in [0.4, 0.5) is 13.2 Å². The van der Waals surface area contributed by atoms with E-state index in [-0.39, 0.29) is 19.2 Å². The molecule has 1 aliphatic heterocycles. The molecule has 4 nitrogen and oxygen atoms in total. The molecule has 0 saturated carbocycles. The summed E-state index contributed by atoms with van der Waals surface area (Å²) in [7, 11) is 0.